The summed E-state index contributed by atoms with van der Waals surface area (Å²) >= 11 is 0. The van der Waals surface area contributed by atoms with E-state index >= 15 is 0 Å². The Bertz CT molecular complexity index is 110. The Kier molecular flexibility index (Phi) is 7.61. The SMILES string of the molecule is CCCCOCCO[SiH2]C(C)(C)C. The molecule has 0 fully saturated rings. The second-order valence-electron chi connectivity index (χ2n) is 4.58. The van der Waals surface area contributed by atoms with E-state index in [0.29, 0.717) is 5.04 Å². The molecule has 0 aromatic heterocycles. The smallest absolute Gasteiger partial charge is 0.166 e. The molecule has 0 rings (SSSR count). The van der Waals surface area contributed by atoms with Gasteiger partial charge in [0.15, 0.2) is 9.76 Å². The van der Waals surface area contributed by atoms with Gasteiger partial charge in [0.2, 0.25) is 0 Å². The highest BCUT2D eigenvalue weighted by Crippen LogP contribution is 2.19. The van der Waals surface area contributed by atoms with Gasteiger partial charge in [0.1, 0.15) is 0 Å². The van der Waals surface area contributed by atoms with Gasteiger partial charge in [0.05, 0.1) is 13.2 Å². The zero-order valence-corrected chi connectivity index (χ0v) is 11.0. The van der Waals surface area contributed by atoms with Crippen molar-refractivity contribution in [1.29, 1.82) is 0 Å². The fourth-order valence-electron chi connectivity index (χ4n) is 0.845. The minimum Gasteiger partial charge on any atom is -0.421 e. The molecule has 0 saturated heterocycles. The predicted molar refractivity (Wildman–Crippen MR) is 59.9 cm³/mol. The zero-order valence-electron chi connectivity index (χ0n) is 9.56. The lowest BCUT2D eigenvalue weighted by molar-refractivity contribution is 0.0982. The van der Waals surface area contributed by atoms with Crippen LogP contribution in [0.3, 0.4) is 0 Å². The van der Waals surface area contributed by atoms with Crippen molar-refractivity contribution in [2.45, 2.75) is 45.6 Å². The topological polar surface area (TPSA) is 18.5 Å². The monoisotopic (exact) mass is 204 g/mol. The van der Waals surface area contributed by atoms with Crippen molar-refractivity contribution in [1.82, 2.24) is 0 Å². The lowest BCUT2D eigenvalue weighted by atomic mass is 10.3. The zero-order chi connectivity index (χ0) is 10.2. The highest BCUT2D eigenvalue weighted by molar-refractivity contribution is 6.31. The first-order valence-corrected chi connectivity index (χ1v) is 6.50. The summed E-state index contributed by atoms with van der Waals surface area (Å²) in [6.45, 7) is 11.3. The normalized spacial score (nSPS) is 12.9. The molecule has 0 atom stereocenters. The van der Waals surface area contributed by atoms with Gasteiger partial charge in [0.25, 0.3) is 0 Å². The van der Waals surface area contributed by atoms with Crippen molar-refractivity contribution in [2.24, 2.45) is 0 Å². The summed E-state index contributed by atoms with van der Waals surface area (Å²) in [6.07, 6.45) is 2.37. The second kappa shape index (κ2) is 7.53. The van der Waals surface area contributed by atoms with E-state index in [1.165, 1.54) is 6.42 Å². The van der Waals surface area contributed by atoms with E-state index in [-0.39, 0.29) is 9.76 Å². The lowest BCUT2D eigenvalue weighted by Gasteiger charge is -2.16. The Morgan fingerprint density at radius 3 is 2.31 bits per heavy atom. The van der Waals surface area contributed by atoms with Gasteiger partial charge in [-0.15, -0.1) is 0 Å². The summed E-state index contributed by atoms with van der Waals surface area (Å²) in [5.74, 6) is 0. The highest BCUT2D eigenvalue weighted by atomic mass is 28.2. The summed E-state index contributed by atoms with van der Waals surface area (Å²) < 4.78 is 11.0. The van der Waals surface area contributed by atoms with Crippen LogP contribution in [0.4, 0.5) is 0 Å². The molecule has 3 heteroatoms. The second-order valence-corrected chi connectivity index (χ2v) is 7.40. The van der Waals surface area contributed by atoms with Crippen LogP contribution in [-0.2, 0) is 9.16 Å². The molecule has 0 N–H and O–H groups in total. The molecule has 0 radical (unpaired) electrons. The first-order valence-electron chi connectivity index (χ1n) is 5.22. The maximum Gasteiger partial charge on any atom is 0.166 e. The lowest BCUT2D eigenvalue weighted by Crippen LogP contribution is -2.15. The summed E-state index contributed by atoms with van der Waals surface area (Å²) in [5, 5.41) is 0.406. The molecule has 0 aromatic carbocycles. The molecule has 0 aromatic rings. The van der Waals surface area contributed by atoms with Crippen LogP contribution >= 0.6 is 0 Å². The largest absolute Gasteiger partial charge is 0.421 e. The van der Waals surface area contributed by atoms with Gasteiger partial charge >= 0.3 is 0 Å². The maximum atomic E-state index is 5.59. The molecule has 80 valence electrons. The van der Waals surface area contributed by atoms with Gasteiger partial charge < -0.3 is 9.16 Å². The molecule has 13 heavy (non-hydrogen) atoms. The summed E-state index contributed by atoms with van der Waals surface area (Å²) in [5.41, 5.74) is 0. The predicted octanol–water partition coefficient (Wildman–Crippen LogP) is 2.12. The van der Waals surface area contributed by atoms with Crippen LogP contribution in [0.25, 0.3) is 0 Å². The third-order valence-electron chi connectivity index (χ3n) is 1.55. The standard InChI is InChI=1S/C10H24O2Si/c1-5-6-7-11-8-9-12-13-10(2,3)4/h5-9,13H2,1-4H3. The average Bonchev–Trinajstić information content (AvgIpc) is 2.01. The number of hydrogen-bond acceptors (Lipinski definition) is 2. The molecule has 0 saturated carbocycles. The maximum absolute atomic E-state index is 5.59. The Morgan fingerprint density at radius 1 is 1.08 bits per heavy atom. The Labute approximate surface area is 84.9 Å². The van der Waals surface area contributed by atoms with E-state index in [1.54, 1.807) is 0 Å². The number of ether oxygens (including phenoxy) is 1. The molecule has 0 aliphatic rings. The van der Waals surface area contributed by atoms with E-state index in [1.807, 2.05) is 0 Å². The number of hydrogen-bond donors (Lipinski definition) is 0. The number of unbranched alkanes of at least 4 members (excludes halogenated alkanes) is 1. The highest BCUT2D eigenvalue weighted by Gasteiger charge is 2.10. The number of rotatable bonds is 7. The average molecular weight is 204 g/mol. The Morgan fingerprint density at radius 2 is 1.77 bits per heavy atom. The fourth-order valence-corrected chi connectivity index (χ4v) is 1.72. The first-order chi connectivity index (χ1) is 6.06. The van der Waals surface area contributed by atoms with Gasteiger partial charge in [-0.2, -0.15) is 0 Å². The quantitative estimate of drug-likeness (QED) is 0.467. The molecule has 0 unspecified atom stereocenters. The van der Waals surface area contributed by atoms with E-state index in [9.17, 15) is 0 Å². The van der Waals surface area contributed by atoms with Gasteiger partial charge in [-0.1, -0.05) is 34.1 Å². The van der Waals surface area contributed by atoms with Crippen LogP contribution in [0.15, 0.2) is 0 Å². The third-order valence-corrected chi connectivity index (χ3v) is 2.91. The molecule has 0 aliphatic heterocycles. The minimum atomic E-state index is -0.370. The van der Waals surface area contributed by atoms with Crippen molar-refractivity contribution < 1.29 is 9.16 Å². The van der Waals surface area contributed by atoms with Gasteiger partial charge in [-0.25, -0.2) is 0 Å². The summed E-state index contributed by atoms with van der Waals surface area (Å²) in [7, 11) is -0.370. The van der Waals surface area contributed by atoms with Crippen LogP contribution in [0.5, 0.6) is 0 Å². The molecule has 0 bridgehead atoms. The van der Waals surface area contributed by atoms with Crippen LogP contribution in [0, 0.1) is 0 Å². The first kappa shape index (κ1) is 13.1. The van der Waals surface area contributed by atoms with Crippen molar-refractivity contribution in [2.75, 3.05) is 19.8 Å². The molecule has 0 spiro atoms. The van der Waals surface area contributed by atoms with Gasteiger partial charge in [-0.05, 0) is 11.5 Å². The van der Waals surface area contributed by atoms with E-state index in [0.717, 1.165) is 26.2 Å². The summed E-state index contributed by atoms with van der Waals surface area (Å²) in [4.78, 5) is 0. The molecular weight excluding hydrogens is 180 g/mol. The fraction of sp³-hybridized carbons (Fsp3) is 1.00. The van der Waals surface area contributed by atoms with Crippen molar-refractivity contribution in [3.63, 3.8) is 0 Å². The molecule has 0 heterocycles. The Hall–Kier alpha value is 0.137. The van der Waals surface area contributed by atoms with E-state index in [4.69, 9.17) is 9.16 Å². The van der Waals surface area contributed by atoms with Crippen molar-refractivity contribution >= 4 is 9.76 Å². The van der Waals surface area contributed by atoms with E-state index < -0.39 is 0 Å². The third kappa shape index (κ3) is 12.1. The van der Waals surface area contributed by atoms with E-state index in [2.05, 4.69) is 27.7 Å². The minimum absolute atomic E-state index is 0.370. The molecule has 0 amide bonds. The molecule has 0 aliphatic carbocycles. The molecular formula is C10H24O2Si. The van der Waals surface area contributed by atoms with Crippen LogP contribution in [-0.4, -0.2) is 29.6 Å². The van der Waals surface area contributed by atoms with Crippen LogP contribution in [0.2, 0.25) is 5.04 Å². The van der Waals surface area contributed by atoms with Crippen LogP contribution in [0.1, 0.15) is 40.5 Å². The summed E-state index contributed by atoms with van der Waals surface area (Å²) in [6, 6.07) is 0. The van der Waals surface area contributed by atoms with Crippen molar-refractivity contribution in [3.8, 4) is 0 Å². The van der Waals surface area contributed by atoms with Gasteiger partial charge in [0, 0.05) is 6.61 Å². The van der Waals surface area contributed by atoms with Crippen molar-refractivity contribution in [3.05, 3.63) is 0 Å². The Balaban J connectivity index is 3.00. The van der Waals surface area contributed by atoms with Crippen LogP contribution < -0.4 is 0 Å². The molecule has 2 nitrogen and oxygen atoms in total. The van der Waals surface area contributed by atoms with Gasteiger partial charge in [-0.3, -0.25) is 0 Å².